The van der Waals surface area contributed by atoms with E-state index < -0.39 is 51.0 Å². The first-order valence-electron chi connectivity index (χ1n) is 11.5. The highest BCUT2D eigenvalue weighted by atomic mass is 32.2. The normalized spacial score (nSPS) is 19.6. The summed E-state index contributed by atoms with van der Waals surface area (Å²) in [6.45, 7) is 1.51. The van der Waals surface area contributed by atoms with Crippen LogP contribution >= 0.6 is 0 Å². The van der Waals surface area contributed by atoms with Gasteiger partial charge in [0.25, 0.3) is 11.8 Å². The molecule has 0 radical (unpaired) electrons. The van der Waals surface area contributed by atoms with Gasteiger partial charge in [-0.3, -0.25) is 9.59 Å². The lowest BCUT2D eigenvalue weighted by Gasteiger charge is -2.36. The van der Waals surface area contributed by atoms with Gasteiger partial charge in [0.1, 0.15) is 11.9 Å². The van der Waals surface area contributed by atoms with E-state index in [2.05, 4.69) is 5.32 Å². The van der Waals surface area contributed by atoms with Crippen molar-refractivity contribution in [3.05, 3.63) is 65.0 Å². The molecule has 2 heterocycles. The van der Waals surface area contributed by atoms with Gasteiger partial charge in [-0.1, -0.05) is 18.2 Å². The fraction of sp³-hybridized carbons (Fsp3) is 0.440. The van der Waals surface area contributed by atoms with Crippen molar-refractivity contribution in [3.8, 4) is 0 Å². The minimum atomic E-state index is -3.53. The Morgan fingerprint density at radius 2 is 1.89 bits per heavy atom. The van der Waals surface area contributed by atoms with E-state index in [1.165, 1.54) is 35.2 Å². The van der Waals surface area contributed by atoms with E-state index in [1.54, 1.807) is 0 Å². The van der Waals surface area contributed by atoms with Gasteiger partial charge in [-0.2, -0.15) is 0 Å². The van der Waals surface area contributed by atoms with Crippen molar-refractivity contribution < 1.29 is 35.9 Å². The molecule has 0 aliphatic carbocycles. The third-order valence-electron chi connectivity index (χ3n) is 6.60. The molecule has 2 saturated heterocycles. The summed E-state index contributed by atoms with van der Waals surface area (Å²) in [6, 6.07) is 7.11. The van der Waals surface area contributed by atoms with Crippen LogP contribution in [0.3, 0.4) is 0 Å². The molecule has 2 atom stereocenters. The molecule has 0 bridgehead atoms. The minimum Gasteiger partial charge on any atom is -0.381 e. The van der Waals surface area contributed by atoms with Crippen LogP contribution in [0.5, 0.6) is 0 Å². The van der Waals surface area contributed by atoms with Gasteiger partial charge in [-0.25, -0.2) is 21.6 Å². The Bertz CT molecular complexity index is 1270. The van der Waals surface area contributed by atoms with Gasteiger partial charge in [-0.15, -0.1) is 0 Å². The zero-order chi connectivity index (χ0) is 26.3. The van der Waals surface area contributed by atoms with Gasteiger partial charge < -0.3 is 15.0 Å². The number of benzene rings is 2. The van der Waals surface area contributed by atoms with E-state index in [0.29, 0.717) is 26.3 Å². The first kappa shape index (κ1) is 26.2. The Balaban J connectivity index is 1.56. The minimum absolute atomic E-state index is 0.00447. The highest BCUT2D eigenvalue weighted by molar-refractivity contribution is 7.90. The van der Waals surface area contributed by atoms with Crippen molar-refractivity contribution in [2.45, 2.75) is 42.7 Å². The number of nitrogens with zero attached hydrogens (tertiary/aromatic N) is 1. The number of ether oxygens (including phenoxy) is 1. The van der Waals surface area contributed by atoms with Crippen molar-refractivity contribution in [1.29, 1.82) is 0 Å². The second-order valence-electron chi connectivity index (χ2n) is 9.37. The Hall–Kier alpha value is -2.92. The predicted molar refractivity (Wildman–Crippen MR) is 125 cm³/mol. The molecule has 2 aromatic rings. The molecule has 2 fully saturated rings. The van der Waals surface area contributed by atoms with Crippen molar-refractivity contribution in [2.75, 3.05) is 26.0 Å². The summed E-state index contributed by atoms with van der Waals surface area (Å²) >= 11 is 0. The largest absolute Gasteiger partial charge is 0.381 e. The lowest BCUT2D eigenvalue weighted by Crippen LogP contribution is -2.50. The molecule has 4 rings (SSSR count). The fourth-order valence-corrected chi connectivity index (χ4v) is 5.17. The summed E-state index contributed by atoms with van der Waals surface area (Å²) < 4.78 is 71.2. The van der Waals surface area contributed by atoms with Crippen LogP contribution in [-0.4, -0.2) is 57.2 Å². The third kappa shape index (κ3) is 5.41. The third-order valence-corrected chi connectivity index (χ3v) is 7.71. The van der Waals surface area contributed by atoms with Gasteiger partial charge in [0, 0.05) is 42.3 Å². The average molecular weight is 525 g/mol. The Labute approximate surface area is 207 Å². The van der Waals surface area contributed by atoms with Gasteiger partial charge in [0.15, 0.2) is 9.84 Å². The number of likely N-dealkylation sites (tertiary alicyclic amines) is 1. The highest BCUT2D eigenvalue weighted by Gasteiger charge is 2.39. The number of alkyl halides is 2. The zero-order valence-corrected chi connectivity index (χ0v) is 20.7. The number of carbonyl (C=O) groups excluding carboxylic acids is 2. The van der Waals surface area contributed by atoms with E-state index in [-0.39, 0.29) is 35.2 Å². The molecule has 2 aromatic carbocycles. The molecule has 36 heavy (non-hydrogen) atoms. The van der Waals surface area contributed by atoms with Crippen LogP contribution in [0.1, 0.15) is 47.3 Å². The summed E-state index contributed by atoms with van der Waals surface area (Å²) in [6.07, 6.45) is 1.97. The maximum atomic E-state index is 14.9. The number of nitrogens with one attached hydrogen (secondary N) is 1. The second kappa shape index (κ2) is 9.85. The second-order valence-corrected chi connectivity index (χ2v) is 11.4. The zero-order valence-electron chi connectivity index (χ0n) is 19.8. The molecule has 0 saturated carbocycles. The van der Waals surface area contributed by atoms with Crippen molar-refractivity contribution in [3.63, 3.8) is 0 Å². The van der Waals surface area contributed by atoms with Gasteiger partial charge in [-0.05, 0) is 37.1 Å². The van der Waals surface area contributed by atoms with E-state index in [9.17, 15) is 31.2 Å². The van der Waals surface area contributed by atoms with Crippen molar-refractivity contribution in [1.82, 2.24) is 10.2 Å². The van der Waals surface area contributed by atoms with Crippen LogP contribution in [-0.2, 0) is 25.3 Å². The van der Waals surface area contributed by atoms with E-state index >= 15 is 0 Å². The topological polar surface area (TPSA) is 92.8 Å². The molecular weight excluding hydrogens is 497 g/mol. The lowest BCUT2D eigenvalue weighted by molar-refractivity contribution is -0.128. The molecule has 0 unspecified atom stereocenters. The maximum Gasteiger partial charge on any atom is 0.270 e. The average Bonchev–Trinajstić information content (AvgIpc) is 3.26. The summed E-state index contributed by atoms with van der Waals surface area (Å²) in [5.74, 6) is -5.31. The van der Waals surface area contributed by atoms with Gasteiger partial charge in [0.05, 0.1) is 24.2 Å². The Kier molecular flexibility index (Phi) is 7.16. The highest BCUT2D eigenvalue weighted by Crippen LogP contribution is 2.34. The smallest absolute Gasteiger partial charge is 0.270 e. The molecule has 2 aliphatic rings. The summed E-state index contributed by atoms with van der Waals surface area (Å²) in [5.41, 5.74) is -0.257. The van der Waals surface area contributed by atoms with Crippen LogP contribution < -0.4 is 5.32 Å². The van der Waals surface area contributed by atoms with E-state index in [4.69, 9.17) is 4.74 Å². The summed E-state index contributed by atoms with van der Waals surface area (Å²) in [4.78, 5) is 27.9. The molecule has 2 amide bonds. The SMILES string of the molecule is CC(F)(F)c1ccc([C@H](NC(=O)[C@H]2CCCN2C(=O)c2cccc(S(C)(=O)=O)c2)C2COC2)c(F)c1. The van der Waals surface area contributed by atoms with Crippen molar-refractivity contribution >= 4 is 21.7 Å². The fourth-order valence-electron chi connectivity index (χ4n) is 4.51. The molecule has 1 N–H and O–H groups in total. The summed E-state index contributed by atoms with van der Waals surface area (Å²) in [7, 11) is -3.53. The standard InChI is InChI=1S/C25H27F3N2O5S/c1-25(27,28)17-8-9-19(20(26)12-17)22(16-13-35-14-16)29-23(31)21-7-4-10-30(21)24(32)15-5-3-6-18(11-15)36(2,33)34/h3,5-6,8-9,11-12,16,21-22H,4,7,10,13-14H2,1-2H3,(H,29,31)/t21-,22-/m1/s1. The summed E-state index contributed by atoms with van der Waals surface area (Å²) in [5, 5.41) is 2.81. The van der Waals surface area contributed by atoms with Crippen LogP contribution in [0.25, 0.3) is 0 Å². The van der Waals surface area contributed by atoms with Crippen LogP contribution in [0.2, 0.25) is 0 Å². The number of amides is 2. The van der Waals surface area contributed by atoms with Gasteiger partial charge >= 0.3 is 0 Å². The number of sulfone groups is 1. The molecular formula is C25H27F3N2O5S. The predicted octanol–water partition coefficient (Wildman–Crippen LogP) is 3.45. The quantitative estimate of drug-likeness (QED) is 0.599. The maximum absolute atomic E-state index is 14.9. The number of rotatable bonds is 7. The van der Waals surface area contributed by atoms with E-state index in [0.717, 1.165) is 18.4 Å². The monoisotopic (exact) mass is 524 g/mol. The first-order chi connectivity index (χ1) is 16.9. The van der Waals surface area contributed by atoms with Crippen LogP contribution in [0, 0.1) is 11.7 Å². The number of hydrogen-bond donors (Lipinski definition) is 1. The van der Waals surface area contributed by atoms with E-state index in [1.807, 2.05) is 0 Å². The molecule has 0 spiro atoms. The molecule has 0 aromatic heterocycles. The Morgan fingerprint density at radius 3 is 2.47 bits per heavy atom. The number of hydrogen-bond acceptors (Lipinski definition) is 5. The van der Waals surface area contributed by atoms with Crippen LogP contribution in [0.15, 0.2) is 47.4 Å². The molecule has 11 heteroatoms. The Morgan fingerprint density at radius 1 is 1.17 bits per heavy atom. The van der Waals surface area contributed by atoms with Crippen LogP contribution in [0.4, 0.5) is 13.2 Å². The molecule has 2 aliphatic heterocycles. The molecule has 194 valence electrons. The number of halogens is 3. The lowest BCUT2D eigenvalue weighted by atomic mass is 9.89. The molecule has 7 nitrogen and oxygen atoms in total. The van der Waals surface area contributed by atoms with Crippen molar-refractivity contribution in [2.24, 2.45) is 5.92 Å². The van der Waals surface area contributed by atoms with Gasteiger partial charge in [0.2, 0.25) is 5.91 Å². The first-order valence-corrected chi connectivity index (χ1v) is 13.4. The number of carbonyl (C=O) groups is 2.